The topological polar surface area (TPSA) is 104 Å². The van der Waals surface area contributed by atoms with Crippen LogP contribution in [-0.4, -0.2) is 41.9 Å². The fraction of sp³-hybridized carbons (Fsp3) is 0.930. The highest BCUT2D eigenvalue weighted by molar-refractivity contribution is 7.85. The molecule has 7 heteroatoms. The Hall–Kier alpha value is -0.920. The third-order valence-electron chi connectivity index (χ3n) is 10.2. The minimum Gasteiger partial charge on any atom is -0.391 e. The molecule has 0 saturated carbocycles. The van der Waals surface area contributed by atoms with Crippen molar-refractivity contribution in [3.05, 3.63) is 12.2 Å². The summed E-state index contributed by atoms with van der Waals surface area (Å²) in [5.41, 5.74) is 0. The molecule has 0 aromatic heterocycles. The van der Waals surface area contributed by atoms with Crippen molar-refractivity contribution in [1.82, 2.24) is 5.32 Å². The fourth-order valence-corrected chi connectivity index (χ4v) is 7.68. The molecule has 0 saturated heterocycles. The van der Waals surface area contributed by atoms with Gasteiger partial charge in [0, 0.05) is 6.42 Å². The Labute approximate surface area is 312 Å². The second-order valence-electron chi connectivity index (χ2n) is 15.3. The zero-order chi connectivity index (χ0) is 36.8. The van der Waals surface area contributed by atoms with E-state index in [1.165, 1.54) is 173 Å². The molecule has 0 aliphatic rings. The van der Waals surface area contributed by atoms with Crippen LogP contribution in [0.1, 0.15) is 239 Å². The van der Waals surface area contributed by atoms with Crippen LogP contribution in [0.4, 0.5) is 0 Å². The largest absolute Gasteiger partial charge is 0.391 e. The summed E-state index contributed by atoms with van der Waals surface area (Å²) in [6.07, 6.45) is 45.9. The molecular weight excluding hydrogens is 643 g/mol. The number of amides is 1. The van der Waals surface area contributed by atoms with Gasteiger partial charge in [0.15, 0.2) is 0 Å². The van der Waals surface area contributed by atoms with E-state index in [0.29, 0.717) is 12.8 Å². The van der Waals surface area contributed by atoms with Crippen LogP contribution >= 0.6 is 0 Å². The van der Waals surface area contributed by atoms with E-state index in [-0.39, 0.29) is 5.91 Å². The molecule has 2 unspecified atom stereocenters. The molecule has 0 aromatic carbocycles. The standard InChI is InChI=1S/C43H85NO5S/c1-3-5-7-9-11-13-15-17-19-20-21-22-23-24-25-27-29-31-33-35-37-39-43(46)44-41(40-50(47,48)49)42(45)38-36-34-32-30-28-26-18-16-14-12-10-8-6-4-2/h20-21,41-42,45H,3-19,22-40H2,1-2H3,(H,44,46)(H,47,48,49)/b21-20-. The van der Waals surface area contributed by atoms with Crippen molar-refractivity contribution in [2.45, 2.75) is 251 Å². The first-order chi connectivity index (χ1) is 24.3. The van der Waals surface area contributed by atoms with Crippen molar-refractivity contribution >= 4 is 16.0 Å². The predicted octanol–water partition coefficient (Wildman–Crippen LogP) is 13.0. The van der Waals surface area contributed by atoms with E-state index >= 15 is 0 Å². The highest BCUT2D eigenvalue weighted by Crippen LogP contribution is 2.16. The summed E-state index contributed by atoms with van der Waals surface area (Å²) in [6, 6.07) is -0.968. The first-order valence-electron chi connectivity index (χ1n) is 21.9. The molecule has 0 aliphatic carbocycles. The van der Waals surface area contributed by atoms with Gasteiger partial charge in [0.25, 0.3) is 10.1 Å². The van der Waals surface area contributed by atoms with Gasteiger partial charge in [-0.05, 0) is 38.5 Å². The normalized spacial score (nSPS) is 13.3. The highest BCUT2D eigenvalue weighted by Gasteiger charge is 2.26. The SMILES string of the molecule is CCCCCCCCCC/C=C\CCCCCCCCCCCC(=O)NC(CS(=O)(=O)O)C(O)CCCCCCCCCCCCCCCC. The van der Waals surface area contributed by atoms with Gasteiger partial charge in [-0.3, -0.25) is 9.35 Å². The average molecular weight is 728 g/mol. The number of aliphatic hydroxyl groups excluding tert-OH is 1. The average Bonchev–Trinajstić information content (AvgIpc) is 3.08. The molecule has 3 N–H and O–H groups in total. The molecule has 0 rings (SSSR count). The van der Waals surface area contributed by atoms with E-state index in [0.717, 1.165) is 38.5 Å². The van der Waals surface area contributed by atoms with Gasteiger partial charge in [0.2, 0.25) is 5.91 Å². The minimum absolute atomic E-state index is 0.245. The second-order valence-corrected chi connectivity index (χ2v) is 16.8. The van der Waals surface area contributed by atoms with Crippen molar-refractivity contribution in [3.63, 3.8) is 0 Å². The van der Waals surface area contributed by atoms with Crippen LogP contribution < -0.4 is 5.32 Å². The number of rotatable bonds is 40. The van der Waals surface area contributed by atoms with Gasteiger partial charge in [0.05, 0.1) is 17.9 Å². The molecular formula is C43H85NO5S. The minimum atomic E-state index is -4.31. The smallest absolute Gasteiger partial charge is 0.266 e. The van der Waals surface area contributed by atoms with E-state index in [2.05, 4.69) is 31.3 Å². The number of carbonyl (C=O) groups is 1. The highest BCUT2D eigenvalue weighted by atomic mass is 32.2. The van der Waals surface area contributed by atoms with Crippen LogP contribution in [0.5, 0.6) is 0 Å². The van der Waals surface area contributed by atoms with Gasteiger partial charge in [-0.2, -0.15) is 8.42 Å². The Morgan fingerprint density at radius 1 is 0.520 bits per heavy atom. The van der Waals surface area contributed by atoms with Gasteiger partial charge < -0.3 is 10.4 Å². The van der Waals surface area contributed by atoms with E-state index in [1.54, 1.807) is 0 Å². The lowest BCUT2D eigenvalue weighted by atomic mass is 10.0. The Balaban J connectivity index is 3.79. The number of nitrogens with one attached hydrogen (secondary N) is 1. The Bertz CT molecular complexity index is 846. The summed E-state index contributed by atoms with van der Waals surface area (Å²) in [6.45, 7) is 4.53. The van der Waals surface area contributed by atoms with Gasteiger partial charge >= 0.3 is 0 Å². The molecule has 6 nitrogen and oxygen atoms in total. The number of allylic oxidation sites excluding steroid dienone is 2. The number of unbranched alkanes of at least 4 members (excludes halogenated alkanes) is 30. The third kappa shape index (κ3) is 38.3. The van der Waals surface area contributed by atoms with E-state index in [1.807, 2.05) is 0 Å². The summed E-state index contributed by atoms with van der Waals surface area (Å²) >= 11 is 0. The van der Waals surface area contributed by atoms with Gasteiger partial charge in [-0.15, -0.1) is 0 Å². The lowest BCUT2D eigenvalue weighted by Gasteiger charge is -2.23. The zero-order valence-corrected chi connectivity index (χ0v) is 34.1. The van der Waals surface area contributed by atoms with Crippen molar-refractivity contribution < 1.29 is 22.9 Å². The van der Waals surface area contributed by atoms with Crippen LogP contribution in [0.25, 0.3) is 0 Å². The molecule has 0 bridgehead atoms. The maximum Gasteiger partial charge on any atom is 0.266 e. The summed E-state index contributed by atoms with van der Waals surface area (Å²) < 4.78 is 32.6. The second kappa shape index (κ2) is 37.8. The summed E-state index contributed by atoms with van der Waals surface area (Å²) in [7, 11) is -4.31. The maximum atomic E-state index is 12.5. The lowest BCUT2D eigenvalue weighted by molar-refractivity contribution is -0.122. The van der Waals surface area contributed by atoms with Gasteiger partial charge in [-0.25, -0.2) is 0 Å². The molecule has 2 atom stereocenters. The maximum absolute atomic E-state index is 12.5. The molecule has 0 aromatic rings. The van der Waals surface area contributed by atoms with Crippen LogP contribution in [0, 0.1) is 0 Å². The molecule has 50 heavy (non-hydrogen) atoms. The molecule has 298 valence electrons. The van der Waals surface area contributed by atoms with E-state index in [4.69, 9.17) is 0 Å². The monoisotopic (exact) mass is 728 g/mol. The summed E-state index contributed by atoms with van der Waals surface area (Å²) in [5, 5.41) is 13.4. The zero-order valence-electron chi connectivity index (χ0n) is 33.3. The van der Waals surface area contributed by atoms with Crippen LogP contribution in [0.3, 0.4) is 0 Å². The molecule has 0 radical (unpaired) electrons. The van der Waals surface area contributed by atoms with Crippen LogP contribution in [-0.2, 0) is 14.9 Å². The molecule has 0 heterocycles. The third-order valence-corrected chi connectivity index (χ3v) is 11.0. The van der Waals surface area contributed by atoms with Crippen molar-refractivity contribution in [3.8, 4) is 0 Å². The first kappa shape index (κ1) is 49.1. The Morgan fingerprint density at radius 3 is 1.20 bits per heavy atom. The number of aliphatic hydroxyl groups is 1. The first-order valence-corrected chi connectivity index (χ1v) is 23.5. The van der Waals surface area contributed by atoms with Crippen molar-refractivity contribution in [1.29, 1.82) is 0 Å². The van der Waals surface area contributed by atoms with Gasteiger partial charge in [-0.1, -0.05) is 206 Å². The van der Waals surface area contributed by atoms with Crippen LogP contribution in [0.2, 0.25) is 0 Å². The number of carbonyl (C=O) groups excluding carboxylic acids is 1. The lowest BCUT2D eigenvalue weighted by Crippen LogP contribution is -2.47. The number of hydrogen-bond acceptors (Lipinski definition) is 4. The molecule has 0 aliphatic heterocycles. The Kier molecular flexibility index (Phi) is 37.1. The van der Waals surface area contributed by atoms with Crippen molar-refractivity contribution in [2.75, 3.05) is 5.75 Å². The van der Waals surface area contributed by atoms with Crippen molar-refractivity contribution in [2.24, 2.45) is 0 Å². The molecule has 0 spiro atoms. The quantitative estimate of drug-likeness (QED) is 0.0331. The van der Waals surface area contributed by atoms with E-state index in [9.17, 15) is 22.9 Å². The predicted molar refractivity (Wildman–Crippen MR) is 216 cm³/mol. The summed E-state index contributed by atoms with van der Waals surface area (Å²) in [5.74, 6) is -0.890. The number of hydrogen-bond donors (Lipinski definition) is 3. The van der Waals surface area contributed by atoms with Gasteiger partial charge in [0.1, 0.15) is 0 Å². The van der Waals surface area contributed by atoms with Crippen LogP contribution in [0.15, 0.2) is 12.2 Å². The molecule has 0 fully saturated rings. The summed E-state index contributed by atoms with van der Waals surface area (Å²) in [4.78, 5) is 12.5. The molecule has 1 amide bonds. The van der Waals surface area contributed by atoms with E-state index < -0.39 is 28.0 Å². The fourth-order valence-electron chi connectivity index (χ4n) is 6.92. The Morgan fingerprint density at radius 2 is 0.840 bits per heavy atom.